The number of rotatable bonds is 5. The van der Waals surface area contributed by atoms with E-state index in [1.807, 2.05) is 0 Å². The summed E-state index contributed by atoms with van der Waals surface area (Å²) in [5.74, 6) is 0.597. The molecule has 1 atom stereocenters. The number of amides is 1. The highest BCUT2D eigenvalue weighted by molar-refractivity contribution is 5.76. The molecule has 0 saturated heterocycles. The van der Waals surface area contributed by atoms with Crippen molar-refractivity contribution in [1.82, 2.24) is 4.90 Å². The first-order chi connectivity index (χ1) is 6.15. The second-order valence-corrected chi connectivity index (χ2v) is 3.74. The predicted molar refractivity (Wildman–Crippen MR) is 50.0 cm³/mol. The van der Waals surface area contributed by atoms with Gasteiger partial charge in [-0.1, -0.05) is 0 Å². The van der Waals surface area contributed by atoms with Crippen molar-refractivity contribution in [2.24, 2.45) is 11.7 Å². The molecule has 4 heteroatoms. The van der Waals surface area contributed by atoms with Gasteiger partial charge in [0, 0.05) is 26.1 Å². The van der Waals surface area contributed by atoms with Crippen LogP contribution in [0.5, 0.6) is 0 Å². The van der Waals surface area contributed by atoms with E-state index in [4.69, 9.17) is 10.8 Å². The van der Waals surface area contributed by atoms with Gasteiger partial charge in [-0.25, -0.2) is 0 Å². The lowest BCUT2D eigenvalue weighted by atomic mass is 10.1. The van der Waals surface area contributed by atoms with E-state index in [0.717, 1.165) is 12.8 Å². The third-order valence-corrected chi connectivity index (χ3v) is 2.50. The van der Waals surface area contributed by atoms with Gasteiger partial charge in [-0.15, -0.1) is 0 Å². The van der Waals surface area contributed by atoms with Crippen molar-refractivity contribution in [2.75, 3.05) is 20.2 Å². The molecule has 1 amide bonds. The van der Waals surface area contributed by atoms with E-state index >= 15 is 0 Å². The maximum atomic E-state index is 11.4. The Bertz CT molecular complexity index is 180. The summed E-state index contributed by atoms with van der Waals surface area (Å²) >= 11 is 0. The third-order valence-electron chi connectivity index (χ3n) is 2.50. The van der Waals surface area contributed by atoms with Gasteiger partial charge in [0.2, 0.25) is 5.91 Å². The summed E-state index contributed by atoms with van der Waals surface area (Å²) in [6, 6.07) is 0.0219. The van der Waals surface area contributed by atoms with E-state index < -0.39 is 0 Å². The number of nitrogens with zero attached hydrogens (tertiary/aromatic N) is 1. The largest absolute Gasteiger partial charge is 0.395 e. The lowest BCUT2D eigenvalue weighted by Crippen LogP contribution is -2.35. The fraction of sp³-hybridized carbons (Fsp3) is 0.889. The zero-order valence-corrected chi connectivity index (χ0v) is 8.07. The molecule has 0 bridgehead atoms. The summed E-state index contributed by atoms with van der Waals surface area (Å²) in [7, 11) is 1.69. The number of aliphatic hydroxyl groups is 1. The minimum Gasteiger partial charge on any atom is -0.395 e. The smallest absolute Gasteiger partial charge is 0.223 e. The van der Waals surface area contributed by atoms with Crippen molar-refractivity contribution in [3.8, 4) is 0 Å². The van der Waals surface area contributed by atoms with E-state index in [1.54, 1.807) is 7.05 Å². The second-order valence-electron chi connectivity index (χ2n) is 3.74. The van der Waals surface area contributed by atoms with Crippen LogP contribution in [0.15, 0.2) is 0 Å². The summed E-state index contributed by atoms with van der Waals surface area (Å²) < 4.78 is 0. The predicted octanol–water partition coefficient (Wildman–Crippen LogP) is -0.435. The van der Waals surface area contributed by atoms with Crippen LogP contribution < -0.4 is 5.73 Å². The van der Waals surface area contributed by atoms with Gasteiger partial charge < -0.3 is 15.7 Å². The first kappa shape index (κ1) is 10.5. The Morgan fingerprint density at radius 2 is 2.31 bits per heavy atom. The fourth-order valence-electron chi connectivity index (χ4n) is 1.32. The molecule has 76 valence electrons. The van der Waals surface area contributed by atoms with E-state index in [2.05, 4.69) is 0 Å². The Kier molecular flexibility index (Phi) is 3.69. The van der Waals surface area contributed by atoms with E-state index in [0.29, 0.717) is 18.9 Å². The lowest BCUT2D eigenvalue weighted by molar-refractivity contribution is -0.130. The van der Waals surface area contributed by atoms with Crippen LogP contribution in [0, 0.1) is 5.92 Å². The minimum atomic E-state index is 0.0148. The van der Waals surface area contributed by atoms with Crippen LogP contribution in [-0.2, 0) is 4.79 Å². The second kappa shape index (κ2) is 4.58. The zero-order valence-electron chi connectivity index (χ0n) is 8.07. The SMILES string of the molecule is CN(CCO)C(=O)CC(N)C1CC1. The van der Waals surface area contributed by atoms with Gasteiger partial charge in [0.1, 0.15) is 0 Å². The molecule has 13 heavy (non-hydrogen) atoms. The highest BCUT2D eigenvalue weighted by atomic mass is 16.3. The van der Waals surface area contributed by atoms with Gasteiger partial charge >= 0.3 is 0 Å². The molecule has 0 heterocycles. The normalized spacial score (nSPS) is 18.4. The number of likely N-dealkylation sites (N-methyl/N-ethyl adjacent to an activating group) is 1. The minimum absolute atomic E-state index is 0.0148. The van der Waals surface area contributed by atoms with Gasteiger partial charge in [-0.05, 0) is 18.8 Å². The summed E-state index contributed by atoms with van der Waals surface area (Å²) in [4.78, 5) is 12.9. The molecule has 1 aliphatic carbocycles. The molecule has 0 aromatic rings. The van der Waals surface area contributed by atoms with E-state index in [1.165, 1.54) is 4.90 Å². The fourth-order valence-corrected chi connectivity index (χ4v) is 1.32. The number of nitrogens with two attached hydrogens (primary N) is 1. The Hall–Kier alpha value is -0.610. The topological polar surface area (TPSA) is 66.6 Å². The molecule has 1 saturated carbocycles. The van der Waals surface area contributed by atoms with Crippen molar-refractivity contribution < 1.29 is 9.90 Å². The molecule has 1 rings (SSSR count). The van der Waals surface area contributed by atoms with Gasteiger partial charge in [0.05, 0.1) is 6.61 Å². The third kappa shape index (κ3) is 3.32. The number of aliphatic hydroxyl groups excluding tert-OH is 1. The zero-order chi connectivity index (χ0) is 9.84. The average Bonchev–Trinajstić information content (AvgIpc) is 2.86. The monoisotopic (exact) mass is 186 g/mol. The summed E-state index contributed by atoms with van der Waals surface area (Å²) in [5.41, 5.74) is 5.80. The highest BCUT2D eigenvalue weighted by Crippen LogP contribution is 2.32. The molecule has 4 nitrogen and oxygen atoms in total. The van der Waals surface area contributed by atoms with Crippen LogP contribution in [0.3, 0.4) is 0 Å². The molecule has 0 aromatic heterocycles. The van der Waals surface area contributed by atoms with Crippen molar-refractivity contribution in [3.05, 3.63) is 0 Å². The van der Waals surface area contributed by atoms with Crippen molar-refractivity contribution in [1.29, 1.82) is 0 Å². The van der Waals surface area contributed by atoms with Gasteiger partial charge in [0.25, 0.3) is 0 Å². The summed E-state index contributed by atoms with van der Waals surface area (Å²) in [5, 5.41) is 8.62. The molecule has 3 N–H and O–H groups in total. The molecule has 0 aliphatic heterocycles. The van der Waals surface area contributed by atoms with Crippen LogP contribution in [0.2, 0.25) is 0 Å². The molecule has 1 aliphatic rings. The highest BCUT2D eigenvalue weighted by Gasteiger charge is 2.30. The summed E-state index contributed by atoms with van der Waals surface area (Å²) in [6.07, 6.45) is 2.75. The van der Waals surface area contributed by atoms with Gasteiger partial charge in [-0.3, -0.25) is 4.79 Å². The Morgan fingerprint density at radius 1 is 1.69 bits per heavy atom. The molecule has 1 unspecified atom stereocenters. The maximum Gasteiger partial charge on any atom is 0.223 e. The standard InChI is InChI=1S/C9H18N2O2/c1-11(4-5-12)9(13)6-8(10)7-2-3-7/h7-8,12H,2-6,10H2,1H3. The van der Waals surface area contributed by atoms with Crippen molar-refractivity contribution >= 4 is 5.91 Å². The number of carbonyl (C=O) groups excluding carboxylic acids is 1. The number of hydrogen-bond acceptors (Lipinski definition) is 3. The maximum absolute atomic E-state index is 11.4. The lowest BCUT2D eigenvalue weighted by Gasteiger charge is -2.18. The van der Waals surface area contributed by atoms with Gasteiger partial charge in [0.15, 0.2) is 0 Å². The van der Waals surface area contributed by atoms with E-state index in [-0.39, 0.29) is 18.6 Å². The molecular weight excluding hydrogens is 168 g/mol. The van der Waals surface area contributed by atoms with Crippen LogP contribution in [0.4, 0.5) is 0 Å². The molecule has 0 radical (unpaired) electrons. The first-order valence-electron chi connectivity index (χ1n) is 4.75. The van der Waals surface area contributed by atoms with Crippen LogP contribution in [0.25, 0.3) is 0 Å². The quantitative estimate of drug-likeness (QED) is 0.612. The van der Waals surface area contributed by atoms with Crippen molar-refractivity contribution in [2.45, 2.75) is 25.3 Å². The van der Waals surface area contributed by atoms with Crippen LogP contribution in [-0.4, -0.2) is 42.2 Å². The van der Waals surface area contributed by atoms with E-state index in [9.17, 15) is 4.79 Å². The summed E-state index contributed by atoms with van der Waals surface area (Å²) in [6.45, 7) is 0.414. The number of hydrogen-bond donors (Lipinski definition) is 2. The van der Waals surface area contributed by atoms with Crippen LogP contribution >= 0.6 is 0 Å². The first-order valence-corrected chi connectivity index (χ1v) is 4.75. The molecule has 0 spiro atoms. The molecule has 1 fully saturated rings. The number of carbonyl (C=O) groups is 1. The molecule has 0 aromatic carbocycles. The Labute approximate surface area is 78.7 Å². The van der Waals surface area contributed by atoms with Gasteiger partial charge in [-0.2, -0.15) is 0 Å². The molecular formula is C9H18N2O2. The Morgan fingerprint density at radius 3 is 2.77 bits per heavy atom. The van der Waals surface area contributed by atoms with Crippen molar-refractivity contribution in [3.63, 3.8) is 0 Å². The average molecular weight is 186 g/mol. The Balaban J connectivity index is 2.22. The van der Waals surface area contributed by atoms with Crippen LogP contribution in [0.1, 0.15) is 19.3 Å².